The Bertz CT molecular complexity index is 563. The van der Waals surface area contributed by atoms with Crippen LogP contribution in [0.5, 0.6) is 11.5 Å². The monoisotopic (exact) mass is 270 g/mol. The predicted molar refractivity (Wildman–Crippen MR) is 82.4 cm³/mol. The van der Waals surface area contributed by atoms with Crippen LogP contribution in [0.1, 0.15) is 42.0 Å². The van der Waals surface area contributed by atoms with Gasteiger partial charge in [-0.1, -0.05) is 49.2 Å². The van der Waals surface area contributed by atoms with E-state index in [1.165, 1.54) is 0 Å². The Labute approximate surface area is 120 Å². The van der Waals surface area contributed by atoms with Gasteiger partial charge in [0.25, 0.3) is 0 Å². The molecule has 0 radical (unpaired) electrons. The van der Waals surface area contributed by atoms with Gasteiger partial charge in [-0.05, 0) is 31.9 Å². The maximum absolute atomic E-state index is 10.2. The minimum absolute atomic E-state index is 0.0187. The van der Waals surface area contributed by atoms with Crippen molar-refractivity contribution in [1.29, 1.82) is 0 Å². The van der Waals surface area contributed by atoms with Crippen molar-refractivity contribution in [2.75, 3.05) is 0 Å². The molecule has 0 fully saturated rings. The first-order chi connectivity index (χ1) is 9.40. The van der Waals surface area contributed by atoms with Crippen LogP contribution in [0.25, 0.3) is 0 Å². The summed E-state index contributed by atoms with van der Waals surface area (Å²) in [5.74, 6) is 0.829. The van der Waals surface area contributed by atoms with Crippen molar-refractivity contribution in [3.8, 4) is 11.5 Å². The fraction of sp³-hybridized carbons (Fsp3) is 0.333. The molecule has 0 aliphatic carbocycles. The summed E-state index contributed by atoms with van der Waals surface area (Å²) < 4.78 is 0. The first-order valence-electron chi connectivity index (χ1n) is 6.99. The Morgan fingerprint density at radius 3 is 1.50 bits per heavy atom. The SMILES string of the molecule is Cc1ccc(O)c(C(c2cc(C)ccc2O)C(C)C)c1. The standard InChI is InChI=1S/C18H22O2/c1-11(2)18(14-9-12(3)5-7-16(14)19)15-10-13(4)6-8-17(15)20/h5-11,18-20H,1-4H3. The molecule has 0 amide bonds. The largest absolute Gasteiger partial charge is 0.508 e. The molecule has 20 heavy (non-hydrogen) atoms. The minimum Gasteiger partial charge on any atom is -0.508 e. The first kappa shape index (κ1) is 14.4. The molecule has 2 heteroatoms. The van der Waals surface area contributed by atoms with E-state index in [4.69, 9.17) is 0 Å². The number of benzene rings is 2. The summed E-state index contributed by atoms with van der Waals surface area (Å²) in [5.41, 5.74) is 3.97. The number of aryl methyl sites for hydroxylation is 2. The Balaban J connectivity index is 2.62. The number of rotatable bonds is 3. The average Bonchev–Trinajstić information content (AvgIpc) is 2.37. The molecule has 2 aromatic carbocycles. The quantitative estimate of drug-likeness (QED) is 0.862. The third kappa shape index (κ3) is 2.79. The molecule has 106 valence electrons. The molecule has 0 aromatic heterocycles. The van der Waals surface area contributed by atoms with E-state index < -0.39 is 0 Å². The number of phenolic OH excluding ortho intramolecular Hbond substituents is 2. The van der Waals surface area contributed by atoms with Crippen LogP contribution in [0.2, 0.25) is 0 Å². The van der Waals surface area contributed by atoms with Crippen LogP contribution in [0.4, 0.5) is 0 Å². The van der Waals surface area contributed by atoms with E-state index >= 15 is 0 Å². The van der Waals surface area contributed by atoms with Crippen LogP contribution < -0.4 is 0 Å². The summed E-state index contributed by atoms with van der Waals surface area (Å²) in [4.78, 5) is 0. The Hall–Kier alpha value is -1.96. The van der Waals surface area contributed by atoms with Crippen LogP contribution in [0.3, 0.4) is 0 Å². The van der Waals surface area contributed by atoms with Gasteiger partial charge in [-0.25, -0.2) is 0 Å². The first-order valence-corrected chi connectivity index (χ1v) is 6.99. The van der Waals surface area contributed by atoms with E-state index in [1.54, 1.807) is 12.1 Å². The molecule has 0 aliphatic rings. The lowest BCUT2D eigenvalue weighted by Crippen LogP contribution is -2.09. The number of phenols is 2. The summed E-state index contributed by atoms with van der Waals surface area (Å²) in [7, 11) is 0. The maximum Gasteiger partial charge on any atom is 0.119 e. The van der Waals surface area contributed by atoms with E-state index in [1.807, 2.05) is 38.1 Å². The molecule has 0 aliphatic heterocycles. The highest BCUT2D eigenvalue weighted by molar-refractivity contribution is 5.48. The zero-order chi connectivity index (χ0) is 14.9. The van der Waals surface area contributed by atoms with E-state index in [9.17, 15) is 10.2 Å². The second kappa shape index (κ2) is 5.58. The highest BCUT2D eigenvalue weighted by Crippen LogP contribution is 2.41. The van der Waals surface area contributed by atoms with Crippen LogP contribution in [0.15, 0.2) is 36.4 Å². The van der Waals surface area contributed by atoms with Gasteiger partial charge in [0.05, 0.1) is 0 Å². The summed E-state index contributed by atoms with van der Waals surface area (Å²) in [6.45, 7) is 8.23. The zero-order valence-corrected chi connectivity index (χ0v) is 12.5. The van der Waals surface area contributed by atoms with Crippen LogP contribution >= 0.6 is 0 Å². The van der Waals surface area contributed by atoms with E-state index in [-0.39, 0.29) is 23.3 Å². The number of hydrogen-bond donors (Lipinski definition) is 2. The minimum atomic E-state index is -0.0187. The number of hydrogen-bond acceptors (Lipinski definition) is 2. The summed E-state index contributed by atoms with van der Waals surface area (Å²) in [6, 6.07) is 11.3. The van der Waals surface area contributed by atoms with Gasteiger partial charge in [0.2, 0.25) is 0 Å². The second-order valence-electron chi connectivity index (χ2n) is 5.85. The predicted octanol–water partition coefficient (Wildman–Crippen LogP) is 4.50. The molecule has 2 nitrogen and oxygen atoms in total. The van der Waals surface area contributed by atoms with Gasteiger partial charge >= 0.3 is 0 Å². The van der Waals surface area contributed by atoms with Crippen molar-refractivity contribution in [3.63, 3.8) is 0 Å². The second-order valence-corrected chi connectivity index (χ2v) is 5.85. The fourth-order valence-electron chi connectivity index (χ4n) is 2.73. The van der Waals surface area contributed by atoms with Crippen LogP contribution in [-0.4, -0.2) is 10.2 Å². The topological polar surface area (TPSA) is 40.5 Å². The lowest BCUT2D eigenvalue weighted by Gasteiger charge is -2.24. The molecule has 0 unspecified atom stereocenters. The normalized spacial score (nSPS) is 11.3. The van der Waals surface area contributed by atoms with Gasteiger partial charge in [0, 0.05) is 17.0 Å². The summed E-state index contributed by atoms with van der Waals surface area (Å²) in [6.07, 6.45) is 0. The Morgan fingerprint density at radius 1 is 0.750 bits per heavy atom. The smallest absolute Gasteiger partial charge is 0.119 e. The van der Waals surface area contributed by atoms with Gasteiger partial charge in [-0.3, -0.25) is 0 Å². The third-order valence-corrected chi connectivity index (χ3v) is 3.70. The van der Waals surface area contributed by atoms with Crippen molar-refractivity contribution in [2.24, 2.45) is 5.92 Å². The molecule has 0 saturated heterocycles. The van der Waals surface area contributed by atoms with Crippen LogP contribution in [0, 0.1) is 19.8 Å². The highest BCUT2D eigenvalue weighted by Gasteiger charge is 2.24. The Kier molecular flexibility index (Phi) is 4.03. The molecule has 0 spiro atoms. The Morgan fingerprint density at radius 2 is 1.15 bits per heavy atom. The molecule has 0 bridgehead atoms. The number of aromatic hydroxyl groups is 2. The van der Waals surface area contributed by atoms with Gasteiger partial charge in [-0.2, -0.15) is 0 Å². The molecular formula is C18H22O2. The van der Waals surface area contributed by atoms with Gasteiger partial charge in [-0.15, -0.1) is 0 Å². The fourth-order valence-corrected chi connectivity index (χ4v) is 2.73. The summed E-state index contributed by atoms with van der Waals surface area (Å²) in [5, 5.41) is 20.4. The third-order valence-electron chi connectivity index (χ3n) is 3.70. The lowest BCUT2D eigenvalue weighted by atomic mass is 9.81. The molecule has 2 aromatic rings. The van der Waals surface area contributed by atoms with Gasteiger partial charge in [0.15, 0.2) is 0 Å². The van der Waals surface area contributed by atoms with Crippen molar-refractivity contribution in [3.05, 3.63) is 58.7 Å². The van der Waals surface area contributed by atoms with Gasteiger partial charge in [0.1, 0.15) is 11.5 Å². The molecule has 2 N–H and O–H groups in total. The summed E-state index contributed by atoms with van der Waals surface area (Å²) >= 11 is 0. The van der Waals surface area contributed by atoms with Crippen molar-refractivity contribution in [2.45, 2.75) is 33.6 Å². The van der Waals surface area contributed by atoms with E-state index in [0.717, 1.165) is 22.3 Å². The van der Waals surface area contributed by atoms with E-state index in [0.29, 0.717) is 0 Å². The molecular weight excluding hydrogens is 248 g/mol. The van der Waals surface area contributed by atoms with Gasteiger partial charge < -0.3 is 10.2 Å². The van der Waals surface area contributed by atoms with Crippen molar-refractivity contribution >= 4 is 0 Å². The lowest BCUT2D eigenvalue weighted by molar-refractivity contribution is 0.435. The van der Waals surface area contributed by atoms with Crippen molar-refractivity contribution in [1.82, 2.24) is 0 Å². The van der Waals surface area contributed by atoms with Crippen LogP contribution in [-0.2, 0) is 0 Å². The zero-order valence-electron chi connectivity index (χ0n) is 12.5. The maximum atomic E-state index is 10.2. The highest BCUT2D eigenvalue weighted by atomic mass is 16.3. The van der Waals surface area contributed by atoms with E-state index in [2.05, 4.69) is 13.8 Å². The average molecular weight is 270 g/mol. The molecule has 0 saturated carbocycles. The molecule has 0 heterocycles. The van der Waals surface area contributed by atoms with Crippen molar-refractivity contribution < 1.29 is 10.2 Å². The molecule has 0 atom stereocenters. The molecule has 2 rings (SSSR count).